The average molecular weight is 268 g/mol. The van der Waals surface area contributed by atoms with Gasteiger partial charge in [0.1, 0.15) is 5.69 Å². The molecule has 0 radical (unpaired) electrons. The molecular weight excluding hydrogens is 248 g/mol. The van der Waals surface area contributed by atoms with Gasteiger partial charge in [0.05, 0.1) is 0 Å². The molecule has 1 atom stereocenters. The molecule has 20 heavy (non-hydrogen) atoms. The van der Waals surface area contributed by atoms with Crippen molar-refractivity contribution in [1.82, 2.24) is 4.98 Å². The van der Waals surface area contributed by atoms with Crippen molar-refractivity contribution in [2.75, 3.05) is 0 Å². The van der Waals surface area contributed by atoms with Crippen molar-refractivity contribution >= 4 is 5.91 Å². The molecule has 0 saturated heterocycles. The summed E-state index contributed by atoms with van der Waals surface area (Å²) >= 11 is 0. The highest BCUT2D eigenvalue weighted by molar-refractivity contribution is 5.90. The maximum atomic E-state index is 10.4. The van der Waals surface area contributed by atoms with Crippen LogP contribution < -0.4 is 5.73 Å². The molecule has 1 aliphatic rings. The van der Waals surface area contributed by atoms with E-state index in [4.69, 9.17) is 5.73 Å². The molecule has 3 nitrogen and oxygen atoms in total. The molecule has 1 aliphatic carbocycles. The zero-order chi connectivity index (χ0) is 14.4. The molecule has 0 spiro atoms. The minimum Gasteiger partial charge on any atom is -0.364 e. The number of rotatable bonds is 2. The monoisotopic (exact) mass is 268 g/mol. The van der Waals surface area contributed by atoms with Crippen LogP contribution in [0.15, 0.2) is 48.7 Å². The van der Waals surface area contributed by atoms with Crippen LogP contribution in [0.25, 0.3) is 0 Å². The van der Waals surface area contributed by atoms with Crippen LogP contribution in [0.1, 0.15) is 47.3 Å². The number of nitrogens with two attached hydrogens (primary N) is 1. The standard InChI is InChI=1S/C11H14.C6H6N2O/c1-2-9-7-8-10-5-3-4-6-11(9)10;7-6(9)5-3-1-2-4-8-5/h3-6,9H,2,7-8H2,1H3;1-4H,(H2,7,9). The number of fused-ring (bicyclic) bond motifs is 1. The molecule has 1 aromatic heterocycles. The maximum absolute atomic E-state index is 10.4. The van der Waals surface area contributed by atoms with E-state index in [1.165, 1.54) is 25.5 Å². The number of hydrogen-bond acceptors (Lipinski definition) is 2. The molecule has 0 aliphatic heterocycles. The van der Waals surface area contributed by atoms with Crippen molar-refractivity contribution < 1.29 is 4.79 Å². The van der Waals surface area contributed by atoms with Crippen LogP contribution in [-0.4, -0.2) is 10.9 Å². The summed E-state index contributed by atoms with van der Waals surface area (Å²) < 4.78 is 0. The second kappa shape index (κ2) is 6.85. The number of primary amides is 1. The molecule has 3 rings (SSSR count). The molecule has 0 fully saturated rings. The molecular formula is C17H20N2O. The normalized spacial score (nSPS) is 15.9. The summed E-state index contributed by atoms with van der Waals surface area (Å²) in [7, 11) is 0. The van der Waals surface area contributed by atoms with Crippen LogP contribution in [0, 0.1) is 0 Å². The summed E-state index contributed by atoms with van der Waals surface area (Å²) in [6.07, 6.45) is 5.50. The fourth-order valence-electron chi connectivity index (χ4n) is 2.58. The van der Waals surface area contributed by atoms with Crippen molar-refractivity contribution in [3.63, 3.8) is 0 Å². The Morgan fingerprint density at radius 1 is 1.25 bits per heavy atom. The molecule has 0 saturated carbocycles. The third kappa shape index (κ3) is 3.44. The van der Waals surface area contributed by atoms with Gasteiger partial charge in [0.15, 0.2) is 0 Å². The molecule has 104 valence electrons. The van der Waals surface area contributed by atoms with Gasteiger partial charge in [-0.3, -0.25) is 9.78 Å². The zero-order valence-electron chi connectivity index (χ0n) is 11.8. The lowest BCUT2D eigenvalue weighted by atomic mass is 9.99. The number of benzene rings is 1. The third-order valence-corrected chi connectivity index (χ3v) is 3.67. The van der Waals surface area contributed by atoms with E-state index in [9.17, 15) is 4.79 Å². The fraction of sp³-hybridized carbons (Fsp3) is 0.294. The van der Waals surface area contributed by atoms with E-state index >= 15 is 0 Å². The van der Waals surface area contributed by atoms with Crippen molar-refractivity contribution in [3.05, 3.63) is 65.5 Å². The topological polar surface area (TPSA) is 56.0 Å². The summed E-state index contributed by atoms with van der Waals surface area (Å²) in [6, 6.07) is 13.9. The number of aromatic nitrogens is 1. The predicted molar refractivity (Wildman–Crippen MR) is 80.5 cm³/mol. The van der Waals surface area contributed by atoms with E-state index in [2.05, 4.69) is 36.2 Å². The van der Waals surface area contributed by atoms with Crippen molar-refractivity contribution in [2.24, 2.45) is 5.73 Å². The Kier molecular flexibility index (Phi) is 4.88. The highest BCUT2D eigenvalue weighted by atomic mass is 16.1. The summed E-state index contributed by atoms with van der Waals surface area (Å²) in [5.74, 6) is 0.363. The Morgan fingerprint density at radius 2 is 2.00 bits per heavy atom. The second-order valence-electron chi connectivity index (χ2n) is 4.92. The molecule has 0 bridgehead atoms. The average Bonchev–Trinajstić information content (AvgIpc) is 2.92. The Hall–Kier alpha value is -2.16. The van der Waals surface area contributed by atoms with Gasteiger partial charge in [-0.15, -0.1) is 0 Å². The fourth-order valence-corrected chi connectivity index (χ4v) is 2.58. The minimum atomic E-state index is -0.490. The quantitative estimate of drug-likeness (QED) is 0.908. The molecule has 1 amide bonds. The van der Waals surface area contributed by atoms with Crippen LogP contribution in [0.2, 0.25) is 0 Å². The lowest BCUT2D eigenvalue weighted by Crippen LogP contribution is -2.12. The number of nitrogens with zero attached hydrogens (tertiary/aromatic N) is 1. The predicted octanol–water partition coefficient (Wildman–Crippen LogP) is 3.31. The van der Waals surface area contributed by atoms with Gasteiger partial charge in [-0.05, 0) is 48.4 Å². The van der Waals surface area contributed by atoms with Gasteiger partial charge in [0, 0.05) is 6.20 Å². The lowest BCUT2D eigenvalue weighted by molar-refractivity contribution is 0.0995. The second-order valence-corrected chi connectivity index (χ2v) is 4.92. The summed E-state index contributed by atoms with van der Waals surface area (Å²) in [4.78, 5) is 14.1. The van der Waals surface area contributed by atoms with Gasteiger partial charge in [0.2, 0.25) is 0 Å². The van der Waals surface area contributed by atoms with E-state index in [0.29, 0.717) is 5.69 Å². The van der Waals surface area contributed by atoms with E-state index in [1.54, 1.807) is 29.3 Å². The number of carbonyl (C=O) groups is 1. The molecule has 1 unspecified atom stereocenters. The van der Waals surface area contributed by atoms with Crippen molar-refractivity contribution in [3.8, 4) is 0 Å². The summed E-state index contributed by atoms with van der Waals surface area (Å²) in [5, 5.41) is 0. The number of aryl methyl sites for hydroxylation is 1. The van der Waals surface area contributed by atoms with Gasteiger partial charge in [0.25, 0.3) is 5.91 Å². The SMILES string of the molecule is CCC1CCc2ccccc21.NC(=O)c1ccccn1. The van der Waals surface area contributed by atoms with Crippen LogP contribution >= 0.6 is 0 Å². The molecule has 2 aromatic rings. The van der Waals surface area contributed by atoms with Gasteiger partial charge in [-0.25, -0.2) is 0 Å². The first-order chi connectivity index (χ1) is 9.72. The largest absolute Gasteiger partial charge is 0.364 e. The van der Waals surface area contributed by atoms with E-state index in [-0.39, 0.29) is 0 Å². The highest BCUT2D eigenvalue weighted by Gasteiger charge is 2.19. The van der Waals surface area contributed by atoms with Crippen LogP contribution in [0.5, 0.6) is 0 Å². The number of amides is 1. The van der Waals surface area contributed by atoms with E-state index < -0.39 is 5.91 Å². The first-order valence-corrected chi connectivity index (χ1v) is 7.01. The Balaban J connectivity index is 0.000000151. The summed E-state index contributed by atoms with van der Waals surface area (Å²) in [5.41, 5.74) is 8.40. The smallest absolute Gasteiger partial charge is 0.267 e. The molecule has 2 N–H and O–H groups in total. The lowest BCUT2D eigenvalue weighted by Gasteiger charge is -2.06. The van der Waals surface area contributed by atoms with Crippen molar-refractivity contribution in [2.45, 2.75) is 32.1 Å². The van der Waals surface area contributed by atoms with Gasteiger partial charge < -0.3 is 5.73 Å². The Labute approximate surface area is 119 Å². The first kappa shape index (κ1) is 14.3. The van der Waals surface area contributed by atoms with Gasteiger partial charge >= 0.3 is 0 Å². The Bertz CT molecular complexity index is 566. The van der Waals surface area contributed by atoms with Crippen LogP contribution in [0.3, 0.4) is 0 Å². The molecule has 1 heterocycles. The third-order valence-electron chi connectivity index (χ3n) is 3.67. The number of hydrogen-bond donors (Lipinski definition) is 1. The first-order valence-electron chi connectivity index (χ1n) is 7.01. The Morgan fingerprint density at radius 3 is 2.60 bits per heavy atom. The summed E-state index contributed by atoms with van der Waals surface area (Å²) in [6.45, 7) is 2.28. The maximum Gasteiger partial charge on any atom is 0.267 e. The van der Waals surface area contributed by atoms with E-state index in [1.807, 2.05) is 0 Å². The van der Waals surface area contributed by atoms with Crippen LogP contribution in [-0.2, 0) is 6.42 Å². The zero-order valence-corrected chi connectivity index (χ0v) is 11.8. The molecule has 3 heteroatoms. The van der Waals surface area contributed by atoms with Gasteiger partial charge in [-0.1, -0.05) is 37.3 Å². The highest BCUT2D eigenvalue weighted by Crippen LogP contribution is 2.34. The van der Waals surface area contributed by atoms with Crippen molar-refractivity contribution in [1.29, 1.82) is 0 Å². The van der Waals surface area contributed by atoms with E-state index in [0.717, 1.165) is 5.92 Å². The van der Waals surface area contributed by atoms with Crippen LogP contribution in [0.4, 0.5) is 0 Å². The number of carbonyl (C=O) groups excluding carboxylic acids is 1. The minimum absolute atomic E-state index is 0.303. The number of pyridine rings is 1. The molecule has 1 aromatic carbocycles. The van der Waals surface area contributed by atoms with Gasteiger partial charge in [-0.2, -0.15) is 0 Å².